The molecule has 1 aliphatic rings. The molecule has 2 heterocycles. The monoisotopic (exact) mass is 304 g/mol. The van der Waals surface area contributed by atoms with Gasteiger partial charge in [0, 0.05) is 39.8 Å². The first-order valence-electron chi connectivity index (χ1n) is 7.61. The summed E-state index contributed by atoms with van der Waals surface area (Å²) in [5, 5.41) is 1.29. The van der Waals surface area contributed by atoms with Gasteiger partial charge in [-0.05, 0) is 51.4 Å². The van der Waals surface area contributed by atoms with E-state index in [1.54, 1.807) is 6.07 Å². The second-order valence-corrected chi connectivity index (χ2v) is 6.50. The predicted octanol–water partition coefficient (Wildman–Crippen LogP) is 3.86. The van der Waals surface area contributed by atoms with Crippen molar-refractivity contribution < 1.29 is 0 Å². The topological polar surface area (TPSA) is 36.1 Å². The molecule has 21 heavy (non-hydrogen) atoms. The number of likely N-dealkylation sites (tertiary alicyclic amines) is 1. The minimum atomic E-state index is 0.113. The lowest BCUT2D eigenvalue weighted by atomic mass is 10.0. The molecule has 0 spiro atoms. The lowest BCUT2D eigenvalue weighted by Gasteiger charge is -2.33. The molecular weight excluding hydrogens is 284 g/mol. The predicted molar refractivity (Wildman–Crippen MR) is 88.0 cm³/mol. The SMILES string of the molecule is Cc1[nH]c2ccc(Cl)cc2c(=O)c1CN1CCCCC1C. The minimum absolute atomic E-state index is 0.113. The highest BCUT2D eigenvalue weighted by molar-refractivity contribution is 6.31. The summed E-state index contributed by atoms with van der Waals surface area (Å²) in [6.07, 6.45) is 3.73. The summed E-state index contributed by atoms with van der Waals surface area (Å²) in [7, 11) is 0. The number of halogens is 1. The zero-order valence-electron chi connectivity index (χ0n) is 12.6. The van der Waals surface area contributed by atoms with E-state index in [1.807, 2.05) is 19.1 Å². The molecule has 0 saturated carbocycles. The molecule has 3 nitrogen and oxygen atoms in total. The van der Waals surface area contributed by atoms with Gasteiger partial charge >= 0.3 is 0 Å². The summed E-state index contributed by atoms with van der Waals surface area (Å²) in [4.78, 5) is 18.5. The Labute approximate surface area is 129 Å². The summed E-state index contributed by atoms with van der Waals surface area (Å²) < 4.78 is 0. The molecule has 1 fully saturated rings. The zero-order valence-corrected chi connectivity index (χ0v) is 13.3. The van der Waals surface area contributed by atoms with E-state index in [1.165, 1.54) is 19.3 Å². The molecule has 0 amide bonds. The Morgan fingerprint density at radius 3 is 2.95 bits per heavy atom. The fraction of sp³-hybridized carbons (Fsp3) is 0.471. The number of pyridine rings is 1. The number of hydrogen-bond acceptors (Lipinski definition) is 2. The third-order valence-corrected chi connectivity index (χ3v) is 4.81. The molecule has 3 rings (SSSR count). The molecule has 1 aliphatic heterocycles. The van der Waals surface area contributed by atoms with Crippen LogP contribution in [0, 0.1) is 6.92 Å². The van der Waals surface area contributed by atoms with Gasteiger partial charge < -0.3 is 4.98 Å². The molecule has 1 N–H and O–H groups in total. The highest BCUT2D eigenvalue weighted by Crippen LogP contribution is 2.21. The Balaban J connectivity index is 2.03. The minimum Gasteiger partial charge on any atom is -0.358 e. The van der Waals surface area contributed by atoms with Crippen LogP contribution in [0.4, 0.5) is 0 Å². The van der Waals surface area contributed by atoms with E-state index < -0.39 is 0 Å². The first-order chi connectivity index (χ1) is 10.1. The van der Waals surface area contributed by atoms with Gasteiger partial charge in [-0.3, -0.25) is 9.69 Å². The zero-order chi connectivity index (χ0) is 15.0. The van der Waals surface area contributed by atoms with E-state index in [0.29, 0.717) is 16.5 Å². The van der Waals surface area contributed by atoms with Gasteiger partial charge in [0.25, 0.3) is 0 Å². The van der Waals surface area contributed by atoms with Crippen LogP contribution < -0.4 is 5.43 Å². The Kier molecular flexibility index (Phi) is 4.05. The Morgan fingerprint density at radius 2 is 2.19 bits per heavy atom. The van der Waals surface area contributed by atoms with Crippen LogP contribution >= 0.6 is 11.6 Å². The molecular formula is C17H21ClN2O. The molecule has 0 aliphatic carbocycles. The summed E-state index contributed by atoms with van der Waals surface area (Å²) >= 11 is 6.03. The highest BCUT2D eigenvalue weighted by atomic mass is 35.5. The number of fused-ring (bicyclic) bond motifs is 1. The van der Waals surface area contributed by atoms with Crippen molar-refractivity contribution >= 4 is 22.5 Å². The van der Waals surface area contributed by atoms with Crippen LogP contribution in [0.15, 0.2) is 23.0 Å². The average Bonchev–Trinajstić information content (AvgIpc) is 2.46. The molecule has 1 aromatic carbocycles. The largest absolute Gasteiger partial charge is 0.358 e. The molecule has 4 heteroatoms. The molecule has 0 radical (unpaired) electrons. The molecule has 1 atom stereocenters. The van der Waals surface area contributed by atoms with E-state index in [0.717, 1.165) is 29.9 Å². The summed E-state index contributed by atoms with van der Waals surface area (Å²) in [5.74, 6) is 0. The molecule has 2 aromatic rings. The summed E-state index contributed by atoms with van der Waals surface area (Å²) in [6, 6.07) is 6.00. The van der Waals surface area contributed by atoms with E-state index >= 15 is 0 Å². The smallest absolute Gasteiger partial charge is 0.194 e. The number of benzene rings is 1. The van der Waals surface area contributed by atoms with Gasteiger partial charge in [-0.15, -0.1) is 0 Å². The number of H-pyrrole nitrogens is 1. The second kappa shape index (κ2) is 5.82. The maximum Gasteiger partial charge on any atom is 0.194 e. The molecule has 1 aromatic heterocycles. The van der Waals surface area contributed by atoms with Crippen LogP contribution in [0.1, 0.15) is 37.4 Å². The van der Waals surface area contributed by atoms with Gasteiger partial charge in [-0.25, -0.2) is 0 Å². The van der Waals surface area contributed by atoms with Crippen LogP contribution in [-0.2, 0) is 6.54 Å². The quantitative estimate of drug-likeness (QED) is 0.914. The lowest BCUT2D eigenvalue weighted by Crippen LogP contribution is -2.38. The fourth-order valence-electron chi connectivity index (χ4n) is 3.21. The van der Waals surface area contributed by atoms with Crippen molar-refractivity contribution in [1.29, 1.82) is 0 Å². The van der Waals surface area contributed by atoms with E-state index in [9.17, 15) is 4.79 Å². The van der Waals surface area contributed by atoms with E-state index in [2.05, 4.69) is 16.8 Å². The van der Waals surface area contributed by atoms with Crippen molar-refractivity contribution in [3.05, 3.63) is 44.7 Å². The standard InChI is InChI=1S/C17H21ClN2O/c1-11-5-3-4-8-20(11)10-15-12(2)19-16-7-6-13(18)9-14(16)17(15)21/h6-7,9,11H,3-5,8,10H2,1-2H3,(H,19,21). The first kappa shape index (κ1) is 14.6. The Bertz CT molecular complexity index is 723. The summed E-state index contributed by atoms with van der Waals surface area (Å²) in [5.41, 5.74) is 2.81. The molecule has 112 valence electrons. The molecule has 1 unspecified atom stereocenters. The number of aryl methyl sites for hydroxylation is 1. The van der Waals surface area contributed by atoms with Gasteiger partial charge in [-0.2, -0.15) is 0 Å². The summed E-state index contributed by atoms with van der Waals surface area (Å²) in [6.45, 7) is 6.04. The number of nitrogens with one attached hydrogen (secondary N) is 1. The van der Waals surface area contributed by atoms with Crippen molar-refractivity contribution in [2.75, 3.05) is 6.54 Å². The number of hydrogen-bond donors (Lipinski definition) is 1. The second-order valence-electron chi connectivity index (χ2n) is 6.06. The number of piperidine rings is 1. The van der Waals surface area contributed by atoms with Gasteiger partial charge in [0.1, 0.15) is 0 Å². The van der Waals surface area contributed by atoms with Crippen LogP contribution in [0.5, 0.6) is 0 Å². The maximum absolute atomic E-state index is 12.8. The highest BCUT2D eigenvalue weighted by Gasteiger charge is 2.20. The van der Waals surface area contributed by atoms with Crippen LogP contribution in [0.2, 0.25) is 5.02 Å². The van der Waals surface area contributed by atoms with Crippen molar-refractivity contribution in [1.82, 2.24) is 9.88 Å². The maximum atomic E-state index is 12.8. The number of nitrogens with zero attached hydrogens (tertiary/aromatic N) is 1. The third-order valence-electron chi connectivity index (χ3n) is 4.58. The van der Waals surface area contributed by atoms with E-state index in [4.69, 9.17) is 11.6 Å². The lowest BCUT2D eigenvalue weighted by molar-refractivity contribution is 0.152. The van der Waals surface area contributed by atoms with Crippen LogP contribution in [0.3, 0.4) is 0 Å². The van der Waals surface area contributed by atoms with Crippen molar-refractivity contribution in [2.24, 2.45) is 0 Å². The van der Waals surface area contributed by atoms with Crippen LogP contribution in [0.25, 0.3) is 10.9 Å². The van der Waals surface area contributed by atoms with Crippen molar-refractivity contribution in [2.45, 2.75) is 45.7 Å². The van der Waals surface area contributed by atoms with Crippen LogP contribution in [-0.4, -0.2) is 22.5 Å². The number of aromatic amines is 1. The normalized spacial score (nSPS) is 20.0. The van der Waals surface area contributed by atoms with Gasteiger partial charge in [-0.1, -0.05) is 18.0 Å². The van der Waals surface area contributed by atoms with Crippen molar-refractivity contribution in [3.63, 3.8) is 0 Å². The van der Waals surface area contributed by atoms with Gasteiger partial charge in [0.2, 0.25) is 0 Å². The fourth-order valence-corrected chi connectivity index (χ4v) is 3.38. The molecule has 1 saturated heterocycles. The average molecular weight is 305 g/mol. The number of rotatable bonds is 2. The first-order valence-corrected chi connectivity index (χ1v) is 7.99. The number of aromatic nitrogens is 1. The Hall–Kier alpha value is -1.32. The van der Waals surface area contributed by atoms with Gasteiger partial charge in [0.15, 0.2) is 5.43 Å². The van der Waals surface area contributed by atoms with Crippen molar-refractivity contribution in [3.8, 4) is 0 Å². The van der Waals surface area contributed by atoms with E-state index in [-0.39, 0.29) is 5.43 Å². The Morgan fingerprint density at radius 1 is 1.38 bits per heavy atom. The van der Waals surface area contributed by atoms with Gasteiger partial charge in [0.05, 0.1) is 0 Å². The third kappa shape index (κ3) is 2.85. The molecule has 0 bridgehead atoms.